The molecule has 0 saturated heterocycles. The fourth-order valence-electron chi connectivity index (χ4n) is 2.45. The maximum absolute atomic E-state index is 13.0. The molecule has 118 valence electrons. The number of hydrogen-bond acceptors (Lipinski definition) is 2. The summed E-state index contributed by atoms with van der Waals surface area (Å²) in [5.41, 5.74) is 2.69. The van der Waals surface area contributed by atoms with E-state index in [-0.39, 0.29) is 11.8 Å². The second-order valence-electron chi connectivity index (χ2n) is 6.47. The molecule has 1 heterocycles. The molecule has 3 rings (SSSR count). The van der Waals surface area contributed by atoms with Gasteiger partial charge in [0.25, 0.3) is 0 Å². The summed E-state index contributed by atoms with van der Waals surface area (Å²) >= 11 is 0. The van der Waals surface area contributed by atoms with Gasteiger partial charge in [-0.25, -0.2) is 9.18 Å². The Bertz CT molecular complexity index is 857. The van der Waals surface area contributed by atoms with Gasteiger partial charge in [0.2, 0.25) is 0 Å². The zero-order valence-electron chi connectivity index (χ0n) is 13.3. The molecule has 4 heteroatoms. The van der Waals surface area contributed by atoms with E-state index in [0.717, 1.165) is 22.0 Å². The van der Waals surface area contributed by atoms with E-state index < -0.39 is 5.60 Å². The number of carbonyl (C=O) groups excluding carboxylic acids is 1. The molecule has 1 N–H and O–H groups in total. The number of aromatic amines is 1. The van der Waals surface area contributed by atoms with Crippen molar-refractivity contribution in [2.45, 2.75) is 26.4 Å². The summed E-state index contributed by atoms with van der Waals surface area (Å²) in [6, 6.07) is 12.1. The van der Waals surface area contributed by atoms with Crippen molar-refractivity contribution in [1.29, 1.82) is 0 Å². The van der Waals surface area contributed by atoms with Crippen LogP contribution in [0, 0.1) is 5.82 Å². The van der Waals surface area contributed by atoms with Gasteiger partial charge in [0.1, 0.15) is 11.4 Å². The van der Waals surface area contributed by atoms with Gasteiger partial charge in [0.05, 0.1) is 5.56 Å². The van der Waals surface area contributed by atoms with Crippen molar-refractivity contribution in [3.05, 3.63) is 60.0 Å². The van der Waals surface area contributed by atoms with Crippen molar-refractivity contribution >= 4 is 16.9 Å². The molecular formula is C19H18FNO2. The van der Waals surface area contributed by atoms with Crippen LogP contribution in [-0.4, -0.2) is 16.6 Å². The van der Waals surface area contributed by atoms with Crippen LogP contribution in [0.4, 0.5) is 4.39 Å². The average Bonchev–Trinajstić information content (AvgIpc) is 2.89. The van der Waals surface area contributed by atoms with Crippen LogP contribution >= 0.6 is 0 Å². The molecule has 0 aliphatic carbocycles. The number of nitrogens with one attached hydrogen (secondary N) is 1. The van der Waals surface area contributed by atoms with Crippen molar-refractivity contribution in [3.63, 3.8) is 0 Å². The van der Waals surface area contributed by atoms with Gasteiger partial charge in [0, 0.05) is 17.1 Å². The lowest BCUT2D eigenvalue weighted by atomic mass is 10.0. The highest BCUT2D eigenvalue weighted by molar-refractivity contribution is 6.05. The zero-order valence-corrected chi connectivity index (χ0v) is 13.3. The molecule has 3 aromatic rings. The van der Waals surface area contributed by atoms with Crippen LogP contribution in [0.1, 0.15) is 31.1 Å². The number of halogens is 1. The van der Waals surface area contributed by atoms with E-state index in [4.69, 9.17) is 4.74 Å². The van der Waals surface area contributed by atoms with Gasteiger partial charge in [-0.15, -0.1) is 0 Å². The van der Waals surface area contributed by atoms with Gasteiger partial charge in [-0.1, -0.05) is 24.3 Å². The van der Waals surface area contributed by atoms with E-state index in [1.165, 1.54) is 12.1 Å². The Labute approximate surface area is 134 Å². The Hall–Kier alpha value is -2.62. The summed E-state index contributed by atoms with van der Waals surface area (Å²) in [5, 5.41) is 0.810. The number of aromatic nitrogens is 1. The molecule has 0 saturated carbocycles. The fourth-order valence-corrected chi connectivity index (χ4v) is 2.45. The quantitative estimate of drug-likeness (QED) is 0.682. The minimum atomic E-state index is -0.533. The second-order valence-corrected chi connectivity index (χ2v) is 6.47. The normalized spacial score (nSPS) is 11.7. The van der Waals surface area contributed by atoms with Crippen LogP contribution in [-0.2, 0) is 4.74 Å². The summed E-state index contributed by atoms with van der Waals surface area (Å²) in [6.07, 6.45) is 1.66. The SMILES string of the molecule is CC(C)(C)OC(=O)c1c[nH]c2cc(-c3ccc(F)cc3)ccc12. The number of rotatable bonds is 2. The Balaban J connectivity index is 1.97. The summed E-state index contributed by atoms with van der Waals surface area (Å²) in [4.78, 5) is 15.3. The topological polar surface area (TPSA) is 42.1 Å². The lowest BCUT2D eigenvalue weighted by molar-refractivity contribution is 0.00719. The molecule has 3 nitrogen and oxygen atoms in total. The maximum Gasteiger partial charge on any atom is 0.340 e. The molecule has 23 heavy (non-hydrogen) atoms. The van der Waals surface area contributed by atoms with Crippen LogP contribution in [0.15, 0.2) is 48.7 Å². The molecule has 0 aliphatic rings. The van der Waals surface area contributed by atoms with Gasteiger partial charge in [0.15, 0.2) is 0 Å². The van der Waals surface area contributed by atoms with Crippen LogP contribution in [0.25, 0.3) is 22.0 Å². The molecule has 0 unspecified atom stereocenters. The predicted octanol–water partition coefficient (Wildman–Crippen LogP) is 4.93. The van der Waals surface area contributed by atoms with Crippen LogP contribution < -0.4 is 0 Å². The molecule has 0 radical (unpaired) electrons. The van der Waals surface area contributed by atoms with Gasteiger partial charge >= 0.3 is 5.97 Å². The van der Waals surface area contributed by atoms with Gasteiger partial charge in [-0.3, -0.25) is 0 Å². The van der Waals surface area contributed by atoms with Gasteiger partial charge in [-0.2, -0.15) is 0 Å². The van der Waals surface area contributed by atoms with E-state index in [1.54, 1.807) is 18.3 Å². The highest BCUT2D eigenvalue weighted by Crippen LogP contribution is 2.27. The fraction of sp³-hybridized carbons (Fsp3) is 0.211. The number of carbonyl (C=O) groups is 1. The molecule has 0 spiro atoms. The average molecular weight is 311 g/mol. The third-order valence-electron chi connectivity index (χ3n) is 3.48. The Morgan fingerprint density at radius 1 is 1.04 bits per heavy atom. The minimum Gasteiger partial charge on any atom is -0.456 e. The third kappa shape index (κ3) is 3.26. The molecule has 0 amide bonds. The van der Waals surface area contributed by atoms with E-state index in [2.05, 4.69) is 4.98 Å². The predicted molar refractivity (Wildman–Crippen MR) is 88.9 cm³/mol. The van der Waals surface area contributed by atoms with Crippen LogP contribution in [0.2, 0.25) is 0 Å². The number of fused-ring (bicyclic) bond motifs is 1. The van der Waals surface area contributed by atoms with Crippen molar-refractivity contribution in [3.8, 4) is 11.1 Å². The van der Waals surface area contributed by atoms with Gasteiger partial charge in [-0.05, 0) is 50.1 Å². The zero-order chi connectivity index (χ0) is 16.6. The summed E-state index contributed by atoms with van der Waals surface area (Å²) < 4.78 is 18.4. The first-order valence-electron chi connectivity index (χ1n) is 7.44. The summed E-state index contributed by atoms with van der Waals surface area (Å²) in [5.74, 6) is -0.611. The largest absolute Gasteiger partial charge is 0.456 e. The van der Waals surface area contributed by atoms with E-state index in [9.17, 15) is 9.18 Å². The lowest BCUT2D eigenvalue weighted by Gasteiger charge is -2.19. The first-order chi connectivity index (χ1) is 10.8. The van der Waals surface area contributed by atoms with Crippen molar-refractivity contribution < 1.29 is 13.9 Å². The van der Waals surface area contributed by atoms with Crippen molar-refractivity contribution in [2.24, 2.45) is 0 Å². The molecule has 0 atom stereocenters. The molecular weight excluding hydrogens is 293 g/mol. The molecule has 0 fully saturated rings. The van der Waals surface area contributed by atoms with Gasteiger partial charge < -0.3 is 9.72 Å². The monoisotopic (exact) mass is 311 g/mol. The number of H-pyrrole nitrogens is 1. The highest BCUT2D eigenvalue weighted by Gasteiger charge is 2.20. The summed E-state index contributed by atoms with van der Waals surface area (Å²) in [7, 11) is 0. The van der Waals surface area contributed by atoms with E-state index >= 15 is 0 Å². The maximum atomic E-state index is 13.0. The van der Waals surface area contributed by atoms with Crippen molar-refractivity contribution in [1.82, 2.24) is 4.98 Å². The standard InChI is InChI=1S/C19H18FNO2/c1-19(2,3)23-18(22)16-11-21-17-10-13(6-9-15(16)17)12-4-7-14(20)8-5-12/h4-11,21H,1-3H3. The number of ether oxygens (including phenoxy) is 1. The Morgan fingerprint density at radius 2 is 1.70 bits per heavy atom. The molecule has 2 aromatic carbocycles. The van der Waals surface area contributed by atoms with Crippen LogP contribution in [0.5, 0.6) is 0 Å². The first-order valence-corrected chi connectivity index (χ1v) is 7.44. The smallest absolute Gasteiger partial charge is 0.340 e. The molecule has 0 bridgehead atoms. The third-order valence-corrected chi connectivity index (χ3v) is 3.48. The number of hydrogen-bond donors (Lipinski definition) is 1. The minimum absolute atomic E-state index is 0.262. The van der Waals surface area contributed by atoms with E-state index in [0.29, 0.717) is 5.56 Å². The summed E-state index contributed by atoms with van der Waals surface area (Å²) in [6.45, 7) is 5.52. The number of esters is 1. The van der Waals surface area contributed by atoms with Crippen LogP contribution in [0.3, 0.4) is 0 Å². The Kier molecular flexibility index (Phi) is 3.68. The van der Waals surface area contributed by atoms with E-state index in [1.807, 2.05) is 39.0 Å². The molecule has 0 aliphatic heterocycles. The second kappa shape index (κ2) is 5.54. The molecule has 1 aromatic heterocycles. The van der Waals surface area contributed by atoms with Crippen molar-refractivity contribution in [2.75, 3.05) is 0 Å². The Morgan fingerprint density at radius 3 is 2.35 bits per heavy atom. The first kappa shape index (κ1) is 15.3. The highest BCUT2D eigenvalue weighted by atomic mass is 19.1. The number of benzene rings is 2. The lowest BCUT2D eigenvalue weighted by Crippen LogP contribution is -2.23.